The molecular weight excluding hydrogens is 259 g/mol. The third kappa shape index (κ3) is 3.50. The molecule has 3 unspecified atom stereocenters. The largest absolute Gasteiger partial charge is 0.493 e. The second-order valence-electron chi connectivity index (χ2n) is 5.63. The molecule has 0 amide bonds. The summed E-state index contributed by atoms with van der Waals surface area (Å²) in [6.45, 7) is 4.66. The topological polar surface area (TPSA) is 46.5 Å². The van der Waals surface area contributed by atoms with Crippen LogP contribution in [-0.2, 0) is 11.2 Å². The second kappa shape index (κ2) is 6.25. The molecule has 0 bridgehead atoms. The van der Waals surface area contributed by atoms with E-state index in [1.165, 1.54) is 12.1 Å². The zero-order valence-corrected chi connectivity index (χ0v) is 11.9. The van der Waals surface area contributed by atoms with Crippen LogP contribution in [0, 0.1) is 23.6 Å². The van der Waals surface area contributed by atoms with Gasteiger partial charge < -0.3 is 9.84 Å². The smallest absolute Gasteiger partial charge is 0.306 e. The summed E-state index contributed by atoms with van der Waals surface area (Å²) < 4.78 is 19.0. The minimum Gasteiger partial charge on any atom is -0.493 e. The maximum atomic E-state index is 13.4. The Morgan fingerprint density at radius 1 is 1.55 bits per heavy atom. The van der Waals surface area contributed by atoms with Crippen molar-refractivity contribution >= 4 is 5.97 Å². The van der Waals surface area contributed by atoms with Crippen LogP contribution in [-0.4, -0.2) is 17.7 Å². The lowest BCUT2D eigenvalue weighted by Crippen LogP contribution is -2.09. The molecule has 0 saturated heterocycles. The van der Waals surface area contributed by atoms with Crippen molar-refractivity contribution in [3.63, 3.8) is 0 Å². The molecule has 1 aromatic rings. The van der Waals surface area contributed by atoms with Gasteiger partial charge in [0.05, 0.1) is 12.5 Å². The molecule has 1 fully saturated rings. The van der Waals surface area contributed by atoms with E-state index in [-0.39, 0.29) is 23.6 Å². The van der Waals surface area contributed by atoms with Gasteiger partial charge in [0, 0.05) is 0 Å². The van der Waals surface area contributed by atoms with Crippen molar-refractivity contribution in [2.45, 2.75) is 33.1 Å². The molecule has 1 saturated carbocycles. The van der Waals surface area contributed by atoms with Crippen molar-refractivity contribution < 1.29 is 19.0 Å². The molecule has 0 aliphatic heterocycles. The molecule has 1 aromatic carbocycles. The van der Waals surface area contributed by atoms with Crippen LogP contribution in [0.4, 0.5) is 4.39 Å². The predicted molar refractivity (Wildman–Crippen MR) is 74.3 cm³/mol. The Kier molecular flexibility index (Phi) is 4.63. The first kappa shape index (κ1) is 14.8. The van der Waals surface area contributed by atoms with Gasteiger partial charge in [-0.25, -0.2) is 4.39 Å². The molecule has 3 atom stereocenters. The van der Waals surface area contributed by atoms with Crippen molar-refractivity contribution in [2.24, 2.45) is 17.8 Å². The van der Waals surface area contributed by atoms with E-state index in [2.05, 4.69) is 0 Å². The Bertz CT molecular complexity index is 487. The molecule has 1 aliphatic carbocycles. The summed E-state index contributed by atoms with van der Waals surface area (Å²) in [5, 5.41) is 8.97. The first-order valence-corrected chi connectivity index (χ1v) is 7.17. The number of aliphatic carboxylic acids is 1. The lowest BCUT2D eigenvalue weighted by Gasteiger charge is -2.15. The van der Waals surface area contributed by atoms with Crippen LogP contribution in [0.1, 0.15) is 32.3 Å². The van der Waals surface area contributed by atoms with Crippen LogP contribution in [0.25, 0.3) is 0 Å². The van der Waals surface area contributed by atoms with Gasteiger partial charge in [0.2, 0.25) is 0 Å². The number of carbonyl (C=O) groups is 1. The van der Waals surface area contributed by atoms with E-state index in [0.29, 0.717) is 18.8 Å². The second-order valence-corrected chi connectivity index (χ2v) is 5.63. The molecule has 0 radical (unpaired) electrons. The van der Waals surface area contributed by atoms with E-state index in [4.69, 9.17) is 9.84 Å². The first-order valence-electron chi connectivity index (χ1n) is 7.17. The van der Waals surface area contributed by atoms with Crippen LogP contribution < -0.4 is 4.74 Å². The van der Waals surface area contributed by atoms with E-state index in [1.807, 2.05) is 13.8 Å². The van der Waals surface area contributed by atoms with E-state index < -0.39 is 5.97 Å². The highest BCUT2D eigenvalue weighted by atomic mass is 19.1. The van der Waals surface area contributed by atoms with Crippen LogP contribution in [0.5, 0.6) is 5.75 Å². The molecule has 2 rings (SSSR count). The highest BCUT2D eigenvalue weighted by Crippen LogP contribution is 2.46. The standard InChI is InChI=1S/C16H21FO3/c1-3-6-20-15-5-4-12(17)8-11(15)7-10(2)13-9-14(13)16(18)19/h4-5,8,10,13-14H,3,6-7,9H2,1-2H3,(H,18,19). The van der Waals surface area contributed by atoms with Gasteiger partial charge in [-0.3, -0.25) is 4.79 Å². The first-order chi connectivity index (χ1) is 9.52. The van der Waals surface area contributed by atoms with Gasteiger partial charge in [0.15, 0.2) is 0 Å². The quantitative estimate of drug-likeness (QED) is 0.831. The summed E-state index contributed by atoms with van der Waals surface area (Å²) in [6, 6.07) is 4.56. The van der Waals surface area contributed by atoms with Crippen LogP contribution in [0.3, 0.4) is 0 Å². The minimum atomic E-state index is -0.719. The van der Waals surface area contributed by atoms with E-state index in [0.717, 1.165) is 18.4 Å². The van der Waals surface area contributed by atoms with Crippen molar-refractivity contribution in [1.29, 1.82) is 0 Å². The predicted octanol–water partition coefficient (Wildman–Crippen LogP) is 3.51. The molecule has 20 heavy (non-hydrogen) atoms. The maximum absolute atomic E-state index is 13.4. The van der Waals surface area contributed by atoms with E-state index in [9.17, 15) is 9.18 Å². The minimum absolute atomic E-state index is 0.204. The number of hydrogen-bond acceptors (Lipinski definition) is 2. The van der Waals surface area contributed by atoms with Crippen molar-refractivity contribution in [1.82, 2.24) is 0 Å². The molecule has 4 heteroatoms. The Labute approximate surface area is 118 Å². The fourth-order valence-corrected chi connectivity index (χ4v) is 2.69. The fraction of sp³-hybridized carbons (Fsp3) is 0.562. The monoisotopic (exact) mass is 280 g/mol. The van der Waals surface area contributed by atoms with E-state index in [1.54, 1.807) is 6.07 Å². The summed E-state index contributed by atoms with van der Waals surface area (Å²) >= 11 is 0. The zero-order chi connectivity index (χ0) is 14.7. The third-order valence-electron chi connectivity index (χ3n) is 3.91. The molecule has 3 nitrogen and oxygen atoms in total. The summed E-state index contributed by atoms with van der Waals surface area (Å²) in [5.41, 5.74) is 0.835. The summed E-state index contributed by atoms with van der Waals surface area (Å²) in [4.78, 5) is 10.9. The van der Waals surface area contributed by atoms with Gasteiger partial charge in [0.1, 0.15) is 11.6 Å². The number of rotatable bonds is 7. The van der Waals surface area contributed by atoms with Gasteiger partial charge >= 0.3 is 5.97 Å². The van der Waals surface area contributed by atoms with Gasteiger partial charge in [-0.05, 0) is 54.9 Å². The third-order valence-corrected chi connectivity index (χ3v) is 3.91. The number of halogens is 1. The molecule has 0 heterocycles. The highest BCUT2D eigenvalue weighted by Gasteiger charge is 2.46. The molecular formula is C16H21FO3. The maximum Gasteiger partial charge on any atom is 0.306 e. The summed E-state index contributed by atoms with van der Waals surface area (Å²) in [5.74, 6) is -0.0759. The average molecular weight is 280 g/mol. The Morgan fingerprint density at radius 3 is 2.90 bits per heavy atom. The Balaban J connectivity index is 2.04. The number of benzene rings is 1. The van der Waals surface area contributed by atoms with Gasteiger partial charge in [-0.2, -0.15) is 0 Å². The average Bonchev–Trinajstić information content (AvgIpc) is 3.18. The molecule has 1 N–H and O–H groups in total. The Hall–Kier alpha value is -1.58. The fourth-order valence-electron chi connectivity index (χ4n) is 2.69. The van der Waals surface area contributed by atoms with Crippen molar-refractivity contribution in [3.8, 4) is 5.75 Å². The van der Waals surface area contributed by atoms with Crippen LogP contribution in [0.2, 0.25) is 0 Å². The zero-order valence-electron chi connectivity index (χ0n) is 11.9. The van der Waals surface area contributed by atoms with Crippen molar-refractivity contribution in [3.05, 3.63) is 29.6 Å². The van der Waals surface area contributed by atoms with Gasteiger partial charge in [-0.15, -0.1) is 0 Å². The number of hydrogen-bond donors (Lipinski definition) is 1. The lowest BCUT2D eigenvalue weighted by molar-refractivity contribution is -0.139. The van der Waals surface area contributed by atoms with Gasteiger partial charge in [0.25, 0.3) is 0 Å². The van der Waals surface area contributed by atoms with Gasteiger partial charge in [-0.1, -0.05) is 13.8 Å². The Morgan fingerprint density at radius 2 is 2.30 bits per heavy atom. The lowest BCUT2D eigenvalue weighted by atomic mass is 9.95. The number of ether oxygens (including phenoxy) is 1. The van der Waals surface area contributed by atoms with E-state index >= 15 is 0 Å². The molecule has 110 valence electrons. The normalized spacial score (nSPS) is 22.4. The number of carboxylic acids is 1. The summed E-state index contributed by atoms with van der Waals surface area (Å²) in [7, 11) is 0. The summed E-state index contributed by atoms with van der Waals surface area (Å²) in [6.07, 6.45) is 2.29. The SMILES string of the molecule is CCCOc1ccc(F)cc1CC(C)C1CC1C(=O)O. The van der Waals surface area contributed by atoms with Crippen LogP contribution in [0.15, 0.2) is 18.2 Å². The van der Waals surface area contributed by atoms with Crippen molar-refractivity contribution in [2.75, 3.05) is 6.61 Å². The van der Waals surface area contributed by atoms with Crippen LogP contribution >= 0.6 is 0 Å². The number of carboxylic acid groups (broad SMARTS) is 1. The molecule has 0 spiro atoms. The molecule has 1 aliphatic rings. The highest BCUT2D eigenvalue weighted by molar-refractivity contribution is 5.73. The molecule has 0 aromatic heterocycles.